The quantitative estimate of drug-likeness (QED) is 0.785. The fraction of sp³-hybridized carbons (Fsp3) is 1.00. The van der Waals surface area contributed by atoms with Crippen LogP contribution in [-0.4, -0.2) is 50.3 Å². The number of rotatable bonds is 5. The summed E-state index contributed by atoms with van der Waals surface area (Å²) >= 11 is 0. The van der Waals surface area contributed by atoms with Crippen LogP contribution in [0.3, 0.4) is 0 Å². The van der Waals surface area contributed by atoms with E-state index in [-0.39, 0.29) is 0 Å². The molecule has 1 fully saturated rings. The third-order valence-corrected chi connectivity index (χ3v) is 5.65. The van der Waals surface area contributed by atoms with Crippen LogP contribution in [0.5, 0.6) is 0 Å². The highest BCUT2D eigenvalue weighted by molar-refractivity contribution is 7.86. The van der Waals surface area contributed by atoms with Gasteiger partial charge in [-0.2, -0.15) is 17.0 Å². The van der Waals surface area contributed by atoms with Gasteiger partial charge in [0.1, 0.15) is 0 Å². The first-order valence-corrected chi connectivity index (χ1v) is 7.70. The van der Waals surface area contributed by atoms with Crippen molar-refractivity contribution in [2.75, 3.05) is 33.2 Å². The summed E-state index contributed by atoms with van der Waals surface area (Å²) in [7, 11) is -1.65. The Morgan fingerprint density at radius 1 is 1.35 bits per heavy atom. The molecule has 0 bridgehead atoms. The van der Waals surface area contributed by atoms with E-state index in [2.05, 4.69) is 13.8 Å². The molecule has 1 saturated heterocycles. The molecule has 0 aromatic heterocycles. The summed E-state index contributed by atoms with van der Waals surface area (Å²) in [6.45, 7) is 6.60. The second-order valence-corrected chi connectivity index (χ2v) is 7.11. The minimum absolute atomic E-state index is 0.432. The molecule has 2 unspecified atom stereocenters. The number of piperidine rings is 1. The Morgan fingerprint density at radius 3 is 2.53 bits per heavy atom. The van der Waals surface area contributed by atoms with Crippen LogP contribution in [0.15, 0.2) is 0 Å². The summed E-state index contributed by atoms with van der Waals surface area (Å²) in [5, 5.41) is 0. The van der Waals surface area contributed by atoms with Crippen LogP contribution in [0.25, 0.3) is 0 Å². The lowest BCUT2D eigenvalue weighted by Crippen LogP contribution is -2.48. The molecule has 0 radical (unpaired) electrons. The van der Waals surface area contributed by atoms with Gasteiger partial charge in [-0.05, 0) is 31.2 Å². The molecule has 6 heteroatoms. The van der Waals surface area contributed by atoms with Gasteiger partial charge >= 0.3 is 0 Å². The summed E-state index contributed by atoms with van der Waals surface area (Å²) in [6.07, 6.45) is 1.65. The number of hydrogen-bond donors (Lipinski definition) is 1. The maximum Gasteiger partial charge on any atom is 0.281 e. The van der Waals surface area contributed by atoms with Gasteiger partial charge in [0.25, 0.3) is 10.2 Å². The summed E-state index contributed by atoms with van der Waals surface area (Å²) < 4.78 is 27.5. The molecule has 1 rings (SSSR count). The molecule has 0 aromatic rings. The molecule has 2 atom stereocenters. The standard InChI is InChI=1S/C11H25N3O2S/c1-10-5-8-14(9-11(10)2)17(15,16)13(3)7-4-6-12/h10-11H,4-9,12H2,1-3H3. The Labute approximate surface area is 105 Å². The van der Waals surface area contributed by atoms with Crippen LogP contribution in [0, 0.1) is 11.8 Å². The third kappa shape index (κ3) is 3.64. The smallest absolute Gasteiger partial charge is 0.281 e. The molecule has 0 aliphatic carbocycles. The van der Waals surface area contributed by atoms with Gasteiger partial charge in [-0.3, -0.25) is 0 Å². The molecule has 0 amide bonds. The van der Waals surface area contributed by atoms with Gasteiger partial charge in [0.15, 0.2) is 0 Å². The van der Waals surface area contributed by atoms with Gasteiger partial charge in [-0.25, -0.2) is 0 Å². The molecule has 0 saturated carbocycles. The minimum Gasteiger partial charge on any atom is -0.330 e. The van der Waals surface area contributed by atoms with Crippen molar-refractivity contribution >= 4 is 10.2 Å². The van der Waals surface area contributed by atoms with Gasteiger partial charge in [-0.15, -0.1) is 0 Å². The van der Waals surface area contributed by atoms with Crippen molar-refractivity contribution in [3.05, 3.63) is 0 Å². The van der Waals surface area contributed by atoms with E-state index in [4.69, 9.17) is 5.73 Å². The Bertz CT molecular complexity index is 332. The van der Waals surface area contributed by atoms with Gasteiger partial charge in [-0.1, -0.05) is 13.8 Å². The zero-order valence-electron chi connectivity index (χ0n) is 11.1. The van der Waals surface area contributed by atoms with Crippen molar-refractivity contribution in [2.45, 2.75) is 26.7 Å². The number of nitrogens with zero attached hydrogens (tertiary/aromatic N) is 2. The first kappa shape index (κ1) is 14.9. The molecular weight excluding hydrogens is 238 g/mol. The summed E-state index contributed by atoms with van der Waals surface area (Å²) in [5.74, 6) is 1.04. The maximum atomic E-state index is 12.3. The van der Waals surface area contributed by atoms with E-state index in [0.717, 1.165) is 6.42 Å². The first-order valence-electron chi connectivity index (χ1n) is 6.31. The van der Waals surface area contributed by atoms with Gasteiger partial charge in [0, 0.05) is 26.7 Å². The normalized spacial score (nSPS) is 27.6. The Balaban J connectivity index is 2.64. The van der Waals surface area contributed by atoms with Crippen molar-refractivity contribution in [2.24, 2.45) is 17.6 Å². The number of hydrogen-bond acceptors (Lipinski definition) is 3. The van der Waals surface area contributed by atoms with E-state index in [1.807, 2.05) is 0 Å². The summed E-state index contributed by atoms with van der Waals surface area (Å²) in [4.78, 5) is 0. The highest BCUT2D eigenvalue weighted by atomic mass is 32.2. The summed E-state index contributed by atoms with van der Waals surface area (Å²) in [5.41, 5.74) is 5.40. The topological polar surface area (TPSA) is 66.6 Å². The average molecular weight is 263 g/mol. The molecule has 1 aliphatic heterocycles. The lowest BCUT2D eigenvalue weighted by molar-refractivity contribution is 0.203. The predicted molar refractivity (Wildman–Crippen MR) is 69.7 cm³/mol. The molecule has 102 valence electrons. The fourth-order valence-corrected chi connectivity index (χ4v) is 3.57. The van der Waals surface area contributed by atoms with Crippen molar-refractivity contribution in [1.29, 1.82) is 0 Å². The average Bonchev–Trinajstić information content (AvgIpc) is 2.29. The largest absolute Gasteiger partial charge is 0.330 e. The molecule has 1 heterocycles. The van der Waals surface area contributed by atoms with Gasteiger partial charge in [0.05, 0.1) is 0 Å². The Kier molecular flexibility index (Phi) is 5.37. The van der Waals surface area contributed by atoms with Crippen LogP contribution in [-0.2, 0) is 10.2 Å². The van der Waals surface area contributed by atoms with Crippen molar-refractivity contribution in [1.82, 2.24) is 8.61 Å². The van der Waals surface area contributed by atoms with E-state index in [9.17, 15) is 8.42 Å². The van der Waals surface area contributed by atoms with Crippen molar-refractivity contribution < 1.29 is 8.42 Å². The van der Waals surface area contributed by atoms with Crippen molar-refractivity contribution in [3.8, 4) is 0 Å². The lowest BCUT2D eigenvalue weighted by Gasteiger charge is -2.36. The fourth-order valence-electron chi connectivity index (χ4n) is 2.06. The predicted octanol–water partition coefficient (Wildman–Crippen LogP) is 0.490. The SMILES string of the molecule is CC1CCN(S(=O)(=O)N(C)CCCN)CC1C. The second-order valence-electron chi connectivity index (χ2n) is 5.07. The van der Waals surface area contributed by atoms with Crippen LogP contribution in [0.2, 0.25) is 0 Å². The molecule has 5 nitrogen and oxygen atoms in total. The van der Waals surface area contributed by atoms with E-state index in [0.29, 0.717) is 44.4 Å². The zero-order valence-corrected chi connectivity index (χ0v) is 11.9. The lowest BCUT2D eigenvalue weighted by atomic mass is 9.90. The molecule has 0 aromatic carbocycles. The third-order valence-electron chi connectivity index (χ3n) is 3.69. The Hall–Kier alpha value is -0.170. The number of nitrogens with two attached hydrogens (primary N) is 1. The van der Waals surface area contributed by atoms with E-state index in [1.54, 1.807) is 11.4 Å². The summed E-state index contributed by atoms with van der Waals surface area (Å²) in [6, 6.07) is 0. The highest BCUT2D eigenvalue weighted by Gasteiger charge is 2.32. The van der Waals surface area contributed by atoms with Crippen LogP contribution < -0.4 is 5.73 Å². The van der Waals surface area contributed by atoms with E-state index in [1.165, 1.54) is 4.31 Å². The van der Waals surface area contributed by atoms with Gasteiger partial charge in [0.2, 0.25) is 0 Å². The second kappa shape index (κ2) is 6.13. The van der Waals surface area contributed by atoms with E-state index < -0.39 is 10.2 Å². The molecule has 17 heavy (non-hydrogen) atoms. The van der Waals surface area contributed by atoms with Crippen LogP contribution in [0.1, 0.15) is 26.7 Å². The van der Waals surface area contributed by atoms with Crippen LogP contribution in [0.4, 0.5) is 0 Å². The maximum absolute atomic E-state index is 12.3. The Morgan fingerprint density at radius 2 is 2.00 bits per heavy atom. The highest BCUT2D eigenvalue weighted by Crippen LogP contribution is 2.25. The van der Waals surface area contributed by atoms with Gasteiger partial charge < -0.3 is 5.73 Å². The zero-order chi connectivity index (χ0) is 13.1. The monoisotopic (exact) mass is 263 g/mol. The molecular formula is C11H25N3O2S. The van der Waals surface area contributed by atoms with E-state index >= 15 is 0 Å². The molecule has 0 spiro atoms. The minimum atomic E-state index is -3.28. The first-order chi connectivity index (χ1) is 7.89. The molecule has 1 aliphatic rings. The van der Waals surface area contributed by atoms with Crippen molar-refractivity contribution in [3.63, 3.8) is 0 Å². The van der Waals surface area contributed by atoms with Crippen LogP contribution >= 0.6 is 0 Å². The molecule has 2 N–H and O–H groups in total.